The maximum absolute atomic E-state index is 12.8. The van der Waals surface area contributed by atoms with Crippen LogP contribution < -0.4 is 10.6 Å². The standard InChI is InChI=1S/C24H19ClN4O2/c1-16-14-22(28-29(16)19-10-6-3-7-11-19)24(31)27-21-15-17(12-13-20(21)25)23(30)26-18-8-4-2-5-9-18/h2-15H,1H3,(H,26,30)(H,27,31). The van der Waals surface area contributed by atoms with E-state index in [9.17, 15) is 9.59 Å². The first-order valence-corrected chi connectivity index (χ1v) is 9.98. The molecule has 1 aromatic heterocycles. The van der Waals surface area contributed by atoms with Crippen molar-refractivity contribution in [1.82, 2.24) is 9.78 Å². The molecule has 0 saturated carbocycles. The molecule has 4 rings (SSSR count). The molecule has 2 amide bonds. The van der Waals surface area contributed by atoms with Gasteiger partial charge in [-0.25, -0.2) is 4.68 Å². The van der Waals surface area contributed by atoms with Crippen LogP contribution in [0.1, 0.15) is 26.5 Å². The highest BCUT2D eigenvalue weighted by atomic mass is 35.5. The third kappa shape index (κ3) is 4.65. The van der Waals surface area contributed by atoms with Gasteiger partial charge in [-0.15, -0.1) is 0 Å². The number of carbonyl (C=O) groups is 2. The third-order valence-corrected chi connectivity index (χ3v) is 4.96. The third-order valence-electron chi connectivity index (χ3n) is 4.63. The number of hydrogen-bond acceptors (Lipinski definition) is 3. The summed E-state index contributed by atoms with van der Waals surface area (Å²) in [6.45, 7) is 1.87. The lowest BCUT2D eigenvalue weighted by atomic mass is 10.1. The Hall–Kier alpha value is -3.90. The topological polar surface area (TPSA) is 76.0 Å². The first kappa shape index (κ1) is 20.4. The Balaban J connectivity index is 1.53. The van der Waals surface area contributed by atoms with Crippen molar-refractivity contribution < 1.29 is 9.59 Å². The van der Waals surface area contributed by atoms with Crippen LogP contribution in [0.4, 0.5) is 11.4 Å². The van der Waals surface area contributed by atoms with Gasteiger partial charge in [-0.3, -0.25) is 9.59 Å². The maximum atomic E-state index is 12.8. The van der Waals surface area contributed by atoms with E-state index in [0.29, 0.717) is 22.0 Å². The number of aryl methyl sites for hydroxylation is 1. The highest BCUT2D eigenvalue weighted by Gasteiger charge is 2.16. The minimum atomic E-state index is -0.416. The average molecular weight is 431 g/mol. The Bertz CT molecular complexity index is 1240. The molecule has 0 aliphatic carbocycles. The van der Waals surface area contributed by atoms with E-state index in [1.165, 1.54) is 0 Å². The molecule has 4 aromatic rings. The SMILES string of the molecule is Cc1cc(C(=O)Nc2cc(C(=O)Nc3ccccc3)ccc2Cl)nn1-c1ccccc1. The fraction of sp³-hybridized carbons (Fsp3) is 0.0417. The molecule has 0 aliphatic heterocycles. The lowest BCUT2D eigenvalue weighted by Crippen LogP contribution is -2.15. The number of benzene rings is 3. The molecular formula is C24H19ClN4O2. The predicted octanol–water partition coefficient (Wildman–Crippen LogP) is 5.34. The Kier molecular flexibility index (Phi) is 5.82. The number of para-hydroxylation sites is 2. The molecule has 0 saturated heterocycles. The Morgan fingerprint density at radius 3 is 2.23 bits per heavy atom. The van der Waals surface area contributed by atoms with Crippen LogP contribution in [-0.2, 0) is 0 Å². The summed E-state index contributed by atoms with van der Waals surface area (Å²) in [6.07, 6.45) is 0. The number of hydrogen-bond donors (Lipinski definition) is 2. The molecule has 2 N–H and O–H groups in total. The minimum absolute atomic E-state index is 0.247. The van der Waals surface area contributed by atoms with E-state index in [0.717, 1.165) is 11.4 Å². The van der Waals surface area contributed by atoms with Crippen molar-refractivity contribution in [2.45, 2.75) is 6.92 Å². The van der Waals surface area contributed by atoms with E-state index in [1.54, 1.807) is 41.1 Å². The van der Waals surface area contributed by atoms with Gasteiger partial charge in [0.15, 0.2) is 5.69 Å². The zero-order valence-corrected chi connectivity index (χ0v) is 17.4. The molecule has 7 heteroatoms. The molecular weight excluding hydrogens is 412 g/mol. The molecule has 0 bridgehead atoms. The Morgan fingerprint density at radius 1 is 0.839 bits per heavy atom. The molecule has 0 atom stereocenters. The van der Waals surface area contributed by atoms with Crippen LogP contribution in [0.2, 0.25) is 5.02 Å². The van der Waals surface area contributed by atoms with E-state index in [1.807, 2.05) is 55.5 Å². The van der Waals surface area contributed by atoms with Crippen molar-refractivity contribution in [3.8, 4) is 5.69 Å². The second-order valence-corrected chi connectivity index (χ2v) is 7.29. The molecule has 0 spiro atoms. The molecule has 6 nitrogen and oxygen atoms in total. The largest absolute Gasteiger partial charge is 0.322 e. The quantitative estimate of drug-likeness (QED) is 0.448. The van der Waals surface area contributed by atoms with Crippen LogP contribution in [0.15, 0.2) is 84.9 Å². The smallest absolute Gasteiger partial charge is 0.276 e. The summed E-state index contributed by atoms with van der Waals surface area (Å²) in [5.41, 5.74) is 3.30. The van der Waals surface area contributed by atoms with E-state index < -0.39 is 5.91 Å². The molecule has 0 radical (unpaired) electrons. The van der Waals surface area contributed by atoms with E-state index >= 15 is 0 Å². The summed E-state index contributed by atoms with van der Waals surface area (Å²) in [4.78, 5) is 25.3. The molecule has 1 heterocycles. The van der Waals surface area contributed by atoms with Gasteiger partial charge < -0.3 is 10.6 Å². The van der Waals surface area contributed by atoms with Crippen molar-refractivity contribution >= 4 is 34.8 Å². The molecule has 0 aliphatic rings. The lowest BCUT2D eigenvalue weighted by molar-refractivity contribution is 0.101. The Morgan fingerprint density at radius 2 is 1.52 bits per heavy atom. The van der Waals surface area contributed by atoms with Crippen LogP contribution in [0.5, 0.6) is 0 Å². The van der Waals surface area contributed by atoms with Gasteiger partial charge in [0.25, 0.3) is 11.8 Å². The lowest BCUT2D eigenvalue weighted by Gasteiger charge is -2.09. The predicted molar refractivity (Wildman–Crippen MR) is 122 cm³/mol. The monoisotopic (exact) mass is 430 g/mol. The summed E-state index contributed by atoms with van der Waals surface area (Å²) < 4.78 is 1.69. The second kappa shape index (κ2) is 8.85. The minimum Gasteiger partial charge on any atom is -0.322 e. The number of aromatic nitrogens is 2. The first-order chi connectivity index (χ1) is 15.0. The summed E-state index contributed by atoms with van der Waals surface area (Å²) in [7, 11) is 0. The normalized spacial score (nSPS) is 10.5. The van der Waals surface area contributed by atoms with Gasteiger partial charge in [-0.1, -0.05) is 48.0 Å². The van der Waals surface area contributed by atoms with Crippen molar-refractivity contribution in [2.24, 2.45) is 0 Å². The summed E-state index contributed by atoms with van der Waals surface area (Å²) in [5.74, 6) is -0.720. The van der Waals surface area contributed by atoms with Crippen molar-refractivity contribution in [1.29, 1.82) is 0 Å². The highest BCUT2D eigenvalue weighted by molar-refractivity contribution is 6.34. The van der Waals surface area contributed by atoms with Gasteiger partial charge in [-0.05, 0) is 55.5 Å². The van der Waals surface area contributed by atoms with Crippen molar-refractivity contribution in [3.05, 3.63) is 107 Å². The fourth-order valence-corrected chi connectivity index (χ4v) is 3.25. The summed E-state index contributed by atoms with van der Waals surface area (Å²) >= 11 is 6.25. The molecule has 0 unspecified atom stereocenters. The van der Waals surface area contributed by atoms with Crippen molar-refractivity contribution in [2.75, 3.05) is 10.6 Å². The van der Waals surface area contributed by atoms with Gasteiger partial charge in [0, 0.05) is 16.9 Å². The fourth-order valence-electron chi connectivity index (χ4n) is 3.09. The van der Waals surface area contributed by atoms with E-state index in [4.69, 9.17) is 11.6 Å². The summed E-state index contributed by atoms with van der Waals surface area (Å²) in [5, 5.41) is 10.3. The van der Waals surface area contributed by atoms with Gasteiger partial charge in [0.2, 0.25) is 0 Å². The van der Waals surface area contributed by atoms with Gasteiger partial charge in [-0.2, -0.15) is 5.10 Å². The number of anilines is 2. The van der Waals surface area contributed by atoms with E-state index in [-0.39, 0.29) is 11.6 Å². The zero-order valence-electron chi connectivity index (χ0n) is 16.7. The molecule has 0 fully saturated rings. The first-order valence-electron chi connectivity index (χ1n) is 9.60. The zero-order chi connectivity index (χ0) is 21.8. The number of halogens is 1. The number of nitrogens with zero attached hydrogens (tertiary/aromatic N) is 2. The molecule has 3 aromatic carbocycles. The number of carbonyl (C=O) groups excluding carboxylic acids is 2. The highest BCUT2D eigenvalue weighted by Crippen LogP contribution is 2.24. The van der Waals surface area contributed by atoms with Crippen LogP contribution in [0.25, 0.3) is 5.69 Å². The van der Waals surface area contributed by atoms with Crippen LogP contribution in [-0.4, -0.2) is 21.6 Å². The maximum Gasteiger partial charge on any atom is 0.276 e. The number of amides is 2. The van der Waals surface area contributed by atoms with Crippen LogP contribution in [0, 0.1) is 6.92 Å². The van der Waals surface area contributed by atoms with Gasteiger partial charge in [0.05, 0.1) is 16.4 Å². The van der Waals surface area contributed by atoms with Crippen LogP contribution in [0.3, 0.4) is 0 Å². The van der Waals surface area contributed by atoms with E-state index in [2.05, 4.69) is 15.7 Å². The average Bonchev–Trinajstić information content (AvgIpc) is 3.18. The second-order valence-electron chi connectivity index (χ2n) is 6.89. The van der Waals surface area contributed by atoms with Crippen LogP contribution >= 0.6 is 11.6 Å². The summed E-state index contributed by atoms with van der Waals surface area (Å²) in [6, 6.07) is 25.1. The van der Waals surface area contributed by atoms with Gasteiger partial charge in [0.1, 0.15) is 0 Å². The molecule has 154 valence electrons. The number of nitrogens with one attached hydrogen (secondary N) is 2. The molecule has 31 heavy (non-hydrogen) atoms. The Labute approximate surface area is 184 Å². The van der Waals surface area contributed by atoms with Crippen molar-refractivity contribution in [3.63, 3.8) is 0 Å². The number of rotatable bonds is 5. The van der Waals surface area contributed by atoms with Gasteiger partial charge >= 0.3 is 0 Å².